The quantitative estimate of drug-likeness (QED) is 0.810. The summed E-state index contributed by atoms with van der Waals surface area (Å²) in [7, 11) is 3.39. The Balaban J connectivity index is 1.77. The molecule has 0 bridgehead atoms. The number of amides is 4. The van der Waals surface area contributed by atoms with E-state index in [2.05, 4.69) is 5.32 Å². The first-order chi connectivity index (χ1) is 13.4. The Morgan fingerprint density at radius 3 is 2.46 bits per heavy atom. The molecular formula is C21H21N3O4. The Morgan fingerprint density at radius 1 is 1.07 bits per heavy atom. The summed E-state index contributed by atoms with van der Waals surface area (Å²) in [5, 5.41) is 2.38. The zero-order chi connectivity index (χ0) is 20.1. The summed E-state index contributed by atoms with van der Waals surface area (Å²) < 4.78 is 5.14. The highest BCUT2D eigenvalue weighted by molar-refractivity contribution is 6.30. The van der Waals surface area contributed by atoms with Crippen molar-refractivity contribution < 1.29 is 19.1 Å². The van der Waals surface area contributed by atoms with Gasteiger partial charge in [-0.15, -0.1) is 0 Å². The lowest BCUT2D eigenvalue weighted by molar-refractivity contribution is -0.142. The number of carbonyl (C=O) groups is 3. The Hall–Kier alpha value is -3.35. The third-order valence-corrected chi connectivity index (χ3v) is 5.45. The number of methoxy groups -OCH3 is 1. The van der Waals surface area contributed by atoms with Gasteiger partial charge < -0.3 is 9.64 Å². The smallest absolute Gasteiger partial charge is 0.335 e. The molecule has 7 heteroatoms. The lowest BCUT2D eigenvalue weighted by Gasteiger charge is -2.45. The molecule has 1 fully saturated rings. The van der Waals surface area contributed by atoms with Gasteiger partial charge in [-0.25, -0.2) is 9.69 Å². The molecular weight excluding hydrogens is 358 g/mol. The van der Waals surface area contributed by atoms with Crippen molar-refractivity contribution in [3.05, 3.63) is 53.6 Å². The van der Waals surface area contributed by atoms with Gasteiger partial charge in [0.2, 0.25) is 5.91 Å². The molecule has 1 N–H and O–H groups in total. The maximum absolute atomic E-state index is 13.5. The molecule has 7 nitrogen and oxygen atoms in total. The van der Waals surface area contributed by atoms with Crippen LogP contribution in [0.1, 0.15) is 11.1 Å². The van der Waals surface area contributed by atoms with Crippen LogP contribution in [0.4, 0.5) is 16.2 Å². The van der Waals surface area contributed by atoms with Gasteiger partial charge in [-0.1, -0.05) is 17.7 Å². The van der Waals surface area contributed by atoms with Crippen LogP contribution in [0.3, 0.4) is 0 Å². The Labute approximate surface area is 162 Å². The number of barbiturate groups is 1. The monoisotopic (exact) mass is 379 g/mol. The highest BCUT2D eigenvalue weighted by atomic mass is 16.5. The average Bonchev–Trinajstić information content (AvgIpc) is 2.67. The van der Waals surface area contributed by atoms with Gasteiger partial charge in [0.25, 0.3) is 5.91 Å². The molecule has 28 heavy (non-hydrogen) atoms. The van der Waals surface area contributed by atoms with Crippen molar-refractivity contribution in [2.45, 2.75) is 13.3 Å². The molecule has 0 unspecified atom stereocenters. The number of aryl methyl sites for hydroxylation is 1. The number of hydrogen-bond acceptors (Lipinski definition) is 5. The third-order valence-electron chi connectivity index (χ3n) is 5.45. The number of imide groups is 2. The van der Waals surface area contributed by atoms with E-state index in [1.807, 2.05) is 37.1 Å². The van der Waals surface area contributed by atoms with Gasteiger partial charge in [0, 0.05) is 19.3 Å². The van der Waals surface area contributed by atoms with E-state index in [0.717, 1.165) is 21.7 Å². The van der Waals surface area contributed by atoms with Gasteiger partial charge in [-0.05, 0) is 49.2 Å². The van der Waals surface area contributed by atoms with Crippen molar-refractivity contribution in [1.82, 2.24) is 5.32 Å². The second-order valence-electron chi connectivity index (χ2n) is 7.34. The zero-order valence-electron chi connectivity index (χ0n) is 16.0. The van der Waals surface area contributed by atoms with Crippen LogP contribution in [-0.4, -0.2) is 38.5 Å². The largest absolute Gasteiger partial charge is 0.497 e. The summed E-state index contributed by atoms with van der Waals surface area (Å²) in [6.45, 7) is 2.17. The lowest BCUT2D eigenvalue weighted by atomic mass is 9.74. The highest BCUT2D eigenvalue weighted by Gasteiger charge is 2.56. The standard InChI is InChI=1S/C21H21N3O4/c1-13-4-9-17-14(10-13)11-21(12-23(17)2)18(25)22-20(27)24(19(21)26)15-5-7-16(28-3)8-6-15/h4-10H,11-12H2,1-3H3,(H,22,25,27)/t21-/m0/s1. The molecule has 0 aromatic heterocycles. The predicted molar refractivity (Wildman–Crippen MR) is 105 cm³/mol. The molecule has 1 saturated heterocycles. The van der Waals surface area contributed by atoms with Crippen LogP contribution in [0.5, 0.6) is 5.75 Å². The molecule has 144 valence electrons. The molecule has 1 atom stereocenters. The number of nitrogens with zero attached hydrogens (tertiary/aromatic N) is 2. The van der Waals surface area contributed by atoms with E-state index >= 15 is 0 Å². The van der Waals surface area contributed by atoms with Gasteiger partial charge in [-0.3, -0.25) is 14.9 Å². The maximum Gasteiger partial charge on any atom is 0.335 e. The number of ether oxygens (including phenoxy) is 1. The second-order valence-corrected chi connectivity index (χ2v) is 7.34. The molecule has 0 saturated carbocycles. The fourth-order valence-corrected chi connectivity index (χ4v) is 4.04. The molecule has 4 rings (SSSR count). The van der Waals surface area contributed by atoms with E-state index in [1.54, 1.807) is 31.4 Å². The fraction of sp³-hybridized carbons (Fsp3) is 0.286. The summed E-state index contributed by atoms with van der Waals surface area (Å²) >= 11 is 0. The van der Waals surface area contributed by atoms with E-state index in [1.165, 1.54) is 0 Å². The molecule has 2 aromatic carbocycles. The predicted octanol–water partition coefficient (Wildman–Crippen LogP) is 2.27. The number of hydrogen-bond donors (Lipinski definition) is 1. The van der Waals surface area contributed by atoms with Crippen molar-refractivity contribution in [3.8, 4) is 5.75 Å². The number of urea groups is 1. The minimum Gasteiger partial charge on any atom is -0.497 e. The van der Waals surface area contributed by atoms with E-state index in [4.69, 9.17) is 4.74 Å². The SMILES string of the molecule is COc1ccc(N2C(=O)NC(=O)[C@@]3(Cc4cc(C)ccc4N(C)C3)C2=O)cc1. The molecule has 2 aliphatic heterocycles. The number of fused-ring (bicyclic) bond motifs is 1. The molecule has 0 aliphatic carbocycles. The van der Waals surface area contributed by atoms with Crippen molar-refractivity contribution in [3.63, 3.8) is 0 Å². The molecule has 4 amide bonds. The van der Waals surface area contributed by atoms with Crippen LogP contribution < -0.4 is 19.9 Å². The number of carbonyl (C=O) groups excluding carboxylic acids is 3. The fourth-order valence-electron chi connectivity index (χ4n) is 4.04. The molecule has 1 spiro atoms. The topological polar surface area (TPSA) is 79.0 Å². The number of anilines is 2. The van der Waals surface area contributed by atoms with Crippen LogP contribution in [0.25, 0.3) is 0 Å². The molecule has 2 aromatic rings. The van der Waals surface area contributed by atoms with Crippen LogP contribution in [-0.2, 0) is 16.0 Å². The third kappa shape index (κ3) is 2.62. The summed E-state index contributed by atoms with van der Waals surface area (Å²) in [4.78, 5) is 41.8. The first kappa shape index (κ1) is 18.0. The molecule has 0 radical (unpaired) electrons. The minimum atomic E-state index is -1.36. The highest BCUT2D eigenvalue weighted by Crippen LogP contribution is 2.40. The molecule has 2 aliphatic rings. The number of nitrogens with one attached hydrogen (secondary N) is 1. The van der Waals surface area contributed by atoms with Crippen molar-refractivity contribution >= 4 is 29.2 Å². The lowest BCUT2D eigenvalue weighted by Crippen LogP contribution is -2.68. The van der Waals surface area contributed by atoms with E-state index in [9.17, 15) is 14.4 Å². The zero-order valence-corrected chi connectivity index (χ0v) is 16.0. The van der Waals surface area contributed by atoms with Gasteiger partial charge in [0.1, 0.15) is 5.75 Å². The van der Waals surface area contributed by atoms with E-state index in [-0.39, 0.29) is 13.0 Å². The summed E-state index contributed by atoms with van der Waals surface area (Å²) in [6.07, 6.45) is 0.249. The van der Waals surface area contributed by atoms with Crippen LogP contribution >= 0.6 is 0 Å². The van der Waals surface area contributed by atoms with Gasteiger partial charge in [0.15, 0.2) is 5.41 Å². The van der Waals surface area contributed by atoms with Crippen LogP contribution in [0.2, 0.25) is 0 Å². The number of rotatable bonds is 2. The van der Waals surface area contributed by atoms with Gasteiger partial charge in [-0.2, -0.15) is 0 Å². The average molecular weight is 379 g/mol. The Morgan fingerprint density at radius 2 is 1.79 bits per heavy atom. The first-order valence-electron chi connectivity index (χ1n) is 9.00. The van der Waals surface area contributed by atoms with Gasteiger partial charge >= 0.3 is 6.03 Å². The normalized spacial score (nSPS) is 21.6. The number of benzene rings is 2. The van der Waals surface area contributed by atoms with Crippen LogP contribution in [0, 0.1) is 12.3 Å². The van der Waals surface area contributed by atoms with Crippen molar-refractivity contribution in [2.24, 2.45) is 5.41 Å². The van der Waals surface area contributed by atoms with E-state index < -0.39 is 23.3 Å². The van der Waals surface area contributed by atoms with E-state index in [0.29, 0.717) is 11.4 Å². The second kappa shape index (κ2) is 6.37. The summed E-state index contributed by atoms with van der Waals surface area (Å²) in [6, 6.07) is 11.9. The maximum atomic E-state index is 13.5. The first-order valence-corrected chi connectivity index (χ1v) is 9.00. The van der Waals surface area contributed by atoms with Crippen LogP contribution in [0.15, 0.2) is 42.5 Å². The summed E-state index contributed by atoms with van der Waals surface area (Å²) in [5.74, 6) is -0.446. The minimum absolute atomic E-state index is 0.202. The van der Waals surface area contributed by atoms with Crippen molar-refractivity contribution in [1.29, 1.82) is 0 Å². The summed E-state index contributed by atoms with van der Waals surface area (Å²) in [5.41, 5.74) is 2.00. The Kier molecular flexibility index (Phi) is 4.10. The van der Waals surface area contributed by atoms with Crippen molar-refractivity contribution in [2.75, 3.05) is 30.5 Å². The molecule has 2 heterocycles. The Bertz CT molecular complexity index is 986. The van der Waals surface area contributed by atoms with Gasteiger partial charge in [0.05, 0.1) is 12.8 Å².